The van der Waals surface area contributed by atoms with Gasteiger partial charge in [-0.1, -0.05) is 0 Å². The number of aliphatic hydroxyl groups is 1. The van der Waals surface area contributed by atoms with Crippen LogP contribution in [0.5, 0.6) is 0 Å². The largest absolute Gasteiger partial charge is 0.396 e. The van der Waals surface area contributed by atoms with Crippen molar-refractivity contribution in [3.63, 3.8) is 0 Å². The zero-order valence-corrected chi connectivity index (χ0v) is 12.3. The number of hydrogen-bond donors (Lipinski definition) is 2. The van der Waals surface area contributed by atoms with Gasteiger partial charge < -0.3 is 15.3 Å². The molecule has 2 amide bonds. The summed E-state index contributed by atoms with van der Waals surface area (Å²) in [7, 11) is 0. The molecule has 1 unspecified atom stereocenters. The summed E-state index contributed by atoms with van der Waals surface area (Å²) in [4.78, 5) is 25.5. The maximum Gasteiger partial charge on any atom is 0.251 e. The number of benzene rings is 1. The Balaban J connectivity index is 1.95. The van der Waals surface area contributed by atoms with Gasteiger partial charge in [0.15, 0.2) is 0 Å². The molecular weight excluding hydrogens is 268 g/mol. The molecule has 1 aliphatic rings. The molecule has 0 saturated carbocycles. The number of nitrogens with one attached hydrogen (secondary N) is 1. The Labute approximate surface area is 125 Å². The second-order valence-corrected chi connectivity index (χ2v) is 5.44. The third kappa shape index (κ3) is 4.04. The van der Waals surface area contributed by atoms with E-state index in [0.717, 1.165) is 25.1 Å². The number of aliphatic hydroxyl groups excluding tert-OH is 1. The Hall–Kier alpha value is -1.88. The summed E-state index contributed by atoms with van der Waals surface area (Å²) in [6.07, 6.45) is 2.92. The van der Waals surface area contributed by atoms with Crippen LogP contribution in [0.25, 0.3) is 0 Å². The van der Waals surface area contributed by atoms with Crippen molar-refractivity contribution in [2.75, 3.05) is 18.1 Å². The van der Waals surface area contributed by atoms with E-state index in [1.165, 1.54) is 0 Å². The number of nitrogens with zero attached hydrogens (tertiary/aromatic N) is 1. The highest BCUT2D eigenvalue weighted by molar-refractivity contribution is 5.97. The quantitative estimate of drug-likeness (QED) is 0.838. The van der Waals surface area contributed by atoms with Crippen LogP contribution in [0.3, 0.4) is 0 Å². The number of hydrogen-bond acceptors (Lipinski definition) is 3. The van der Waals surface area contributed by atoms with Crippen molar-refractivity contribution in [2.45, 2.75) is 38.6 Å². The molecule has 5 heteroatoms. The summed E-state index contributed by atoms with van der Waals surface area (Å²) in [5.41, 5.74) is 1.43. The van der Waals surface area contributed by atoms with Gasteiger partial charge in [0.2, 0.25) is 5.91 Å². The third-order valence-electron chi connectivity index (χ3n) is 3.69. The highest BCUT2D eigenvalue weighted by atomic mass is 16.3. The Morgan fingerprint density at radius 3 is 2.67 bits per heavy atom. The summed E-state index contributed by atoms with van der Waals surface area (Å²) in [6, 6.07) is 7.15. The maximum absolute atomic E-state index is 12.1. The highest BCUT2D eigenvalue weighted by Gasteiger charge is 2.21. The van der Waals surface area contributed by atoms with E-state index in [-0.39, 0.29) is 24.5 Å². The van der Waals surface area contributed by atoms with Crippen LogP contribution in [-0.2, 0) is 4.79 Å². The fraction of sp³-hybridized carbons (Fsp3) is 0.500. The first-order valence-corrected chi connectivity index (χ1v) is 7.44. The number of anilines is 1. The second kappa shape index (κ2) is 7.22. The van der Waals surface area contributed by atoms with Crippen molar-refractivity contribution >= 4 is 17.5 Å². The average Bonchev–Trinajstić information content (AvgIpc) is 2.91. The zero-order chi connectivity index (χ0) is 15.2. The number of rotatable bonds is 6. The SMILES string of the molecule is CC(CCCO)NC(=O)c1ccc(N2CCCC2=O)cc1. The fourth-order valence-corrected chi connectivity index (χ4v) is 2.49. The van der Waals surface area contributed by atoms with Crippen molar-refractivity contribution < 1.29 is 14.7 Å². The molecule has 1 fully saturated rings. The van der Waals surface area contributed by atoms with Crippen LogP contribution in [0, 0.1) is 0 Å². The highest BCUT2D eigenvalue weighted by Crippen LogP contribution is 2.21. The molecule has 21 heavy (non-hydrogen) atoms. The molecule has 2 N–H and O–H groups in total. The van der Waals surface area contributed by atoms with Gasteiger partial charge in [0.1, 0.15) is 0 Å². The first kappa shape index (κ1) is 15.5. The van der Waals surface area contributed by atoms with Gasteiger partial charge in [-0.05, 0) is 50.5 Å². The smallest absolute Gasteiger partial charge is 0.251 e. The van der Waals surface area contributed by atoms with Crippen LogP contribution in [0.1, 0.15) is 43.0 Å². The number of carbonyl (C=O) groups is 2. The number of carbonyl (C=O) groups excluding carboxylic acids is 2. The molecule has 0 spiro atoms. The van der Waals surface area contributed by atoms with Gasteiger partial charge >= 0.3 is 0 Å². The summed E-state index contributed by atoms with van der Waals surface area (Å²) in [6.45, 7) is 2.81. The van der Waals surface area contributed by atoms with Gasteiger partial charge in [-0.15, -0.1) is 0 Å². The second-order valence-electron chi connectivity index (χ2n) is 5.44. The molecule has 0 aromatic heterocycles. The van der Waals surface area contributed by atoms with Gasteiger partial charge in [0, 0.05) is 36.9 Å². The topological polar surface area (TPSA) is 69.6 Å². The molecular formula is C16H22N2O3. The molecule has 1 atom stereocenters. The third-order valence-corrected chi connectivity index (χ3v) is 3.69. The summed E-state index contributed by atoms with van der Waals surface area (Å²) in [5.74, 6) is 0.0181. The van der Waals surface area contributed by atoms with Crippen molar-refractivity contribution in [3.8, 4) is 0 Å². The first-order chi connectivity index (χ1) is 10.1. The molecule has 0 aliphatic carbocycles. The molecule has 1 heterocycles. The Morgan fingerprint density at radius 1 is 1.38 bits per heavy atom. The molecule has 1 aromatic carbocycles. The normalized spacial score (nSPS) is 16.1. The molecule has 5 nitrogen and oxygen atoms in total. The summed E-state index contributed by atoms with van der Waals surface area (Å²) >= 11 is 0. The van der Waals surface area contributed by atoms with E-state index in [4.69, 9.17) is 5.11 Å². The van der Waals surface area contributed by atoms with Crippen molar-refractivity contribution in [1.82, 2.24) is 5.32 Å². The predicted octanol–water partition coefficient (Wildman–Crippen LogP) is 1.70. The lowest BCUT2D eigenvalue weighted by Gasteiger charge is -2.16. The average molecular weight is 290 g/mol. The van der Waals surface area contributed by atoms with Crippen molar-refractivity contribution in [3.05, 3.63) is 29.8 Å². The Kier molecular flexibility index (Phi) is 5.33. The molecule has 1 saturated heterocycles. The van der Waals surface area contributed by atoms with Gasteiger partial charge in [-0.25, -0.2) is 0 Å². The Bertz CT molecular complexity index is 499. The first-order valence-electron chi connectivity index (χ1n) is 7.44. The molecule has 0 bridgehead atoms. The summed E-state index contributed by atoms with van der Waals surface area (Å²) < 4.78 is 0. The van der Waals surface area contributed by atoms with E-state index < -0.39 is 0 Å². The lowest BCUT2D eigenvalue weighted by Crippen LogP contribution is -2.32. The van der Waals surface area contributed by atoms with Crippen LogP contribution in [0.15, 0.2) is 24.3 Å². The predicted molar refractivity (Wildman–Crippen MR) is 81.3 cm³/mol. The molecule has 1 aromatic rings. The minimum absolute atomic E-state index is 0.0319. The minimum Gasteiger partial charge on any atom is -0.396 e. The zero-order valence-electron chi connectivity index (χ0n) is 12.3. The van der Waals surface area contributed by atoms with Crippen LogP contribution in [-0.4, -0.2) is 36.1 Å². The van der Waals surface area contributed by atoms with Crippen LogP contribution in [0.2, 0.25) is 0 Å². The lowest BCUT2D eigenvalue weighted by atomic mass is 10.1. The van der Waals surface area contributed by atoms with E-state index in [1.807, 2.05) is 19.1 Å². The molecule has 1 aliphatic heterocycles. The van der Waals surface area contributed by atoms with Gasteiger partial charge in [0.25, 0.3) is 5.91 Å². The van der Waals surface area contributed by atoms with Crippen LogP contribution < -0.4 is 10.2 Å². The summed E-state index contributed by atoms with van der Waals surface area (Å²) in [5, 5.41) is 11.7. The van der Waals surface area contributed by atoms with E-state index >= 15 is 0 Å². The standard InChI is InChI=1S/C16H22N2O3/c1-12(4-3-11-19)17-16(21)13-6-8-14(9-7-13)18-10-2-5-15(18)20/h6-9,12,19H,2-5,10-11H2,1H3,(H,17,21). The molecule has 114 valence electrons. The monoisotopic (exact) mass is 290 g/mol. The fourth-order valence-electron chi connectivity index (χ4n) is 2.49. The Morgan fingerprint density at radius 2 is 2.10 bits per heavy atom. The van der Waals surface area contributed by atoms with E-state index in [9.17, 15) is 9.59 Å². The van der Waals surface area contributed by atoms with Gasteiger partial charge in [-0.3, -0.25) is 9.59 Å². The molecule has 2 rings (SSSR count). The van der Waals surface area contributed by atoms with Crippen LogP contribution in [0.4, 0.5) is 5.69 Å². The van der Waals surface area contributed by atoms with Crippen LogP contribution >= 0.6 is 0 Å². The van der Waals surface area contributed by atoms with E-state index in [0.29, 0.717) is 18.4 Å². The minimum atomic E-state index is -0.125. The van der Waals surface area contributed by atoms with Crippen molar-refractivity contribution in [1.29, 1.82) is 0 Å². The molecule has 0 radical (unpaired) electrons. The number of amides is 2. The lowest BCUT2D eigenvalue weighted by molar-refractivity contribution is -0.117. The van der Waals surface area contributed by atoms with E-state index in [1.54, 1.807) is 17.0 Å². The van der Waals surface area contributed by atoms with E-state index in [2.05, 4.69) is 5.32 Å². The van der Waals surface area contributed by atoms with Crippen molar-refractivity contribution in [2.24, 2.45) is 0 Å². The maximum atomic E-state index is 12.1. The van der Waals surface area contributed by atoms with Gasteiger partial charge in [0.05, 0.1) is 0 Å². The van der Waals surface area contributed by atoms with Gasteiger partial charge in [-0.2, -0.15) is 0 Å².